The molecule has 0 radical (unpaired) electrons. The molecule has 2 heterocycles. The molecule has 0 saturated heterocycles. The third-order valence-electron chi connectivity index (χ3n) is 2.86. The van der Waals surface area contributed by atoms with E-state index in [1.807, 2.05) is 31.2 Å². The van der Waals surface area contributed by atoms with E-state index in [1.165, 1.54) is 0 Å². The summed E-state index contributed by atoms with van der Waals surface area (Å²) in [5.74, 6) is 0.719. The van der Waals surface area contributed by atoms with Crippen LogP contribution in [0.15, 0.2) is 36.7 Å². The molecule has 1 unspecified atom stereocenters. The summed E-state index contributed by atoms with van der Waals surface area (Å²) in [7, 11) is 0. The Labute approximate surface area is 118 Å². The Balaban J connectivity index is 2.28. The molecule has 4 nitrogen and oxygen atoms in total. The van der Waals surface area contributed by atoms with Crippen molar-refractivity contribution in [2.45, 2.75) is 19.9 Å². The fraction of sp³-hybridized carbons (Fsp3) is 0.214. The molecule has 3 N–H and O–H groups in total. The van der Waals surface area contributed by atoms with E-state index in [0.717, 1.165) is 22.6 Å². The largest absolute Gasteiger partial charge is 0.389 e. The predicted molar refractivity (Wildman–Crippen MR) is 81.1 cm³/mol. The minimum Gasteiger partial charge on any atom is -0.389 e. The minimum atomic E-state index is 0.102. The summed E-state index contributed by atoms with van der Waals surface area (Å²) in [5.41, 5.74) is 8.54. The highest BCUT2D eigenvalue weighted by molar-refractivity contribution is 7.80. The zero-order chi connectivity index (χ0) is 13.8. The molecule has 0 fully saturated rings. The smallest absolute Gasteiger partial charge is 0.136 e. The molecule has 98 valence electrons. The summed E-state index contributed by atoms with van der Waals surface area (Å²) >= 11 is 5.05. The average molecular weight is 272 g/mol. The van der Waals surface area contributed by atoms with Gasteiger partial charge in [-0.25, -0.2) is 4.98 Å². The average Bonchev–Trinajstić information content (AvgIpc) is 2.39. The molecule has 0 bridgehead atoms. The van der Waals surface area contributed by atoms with Crippen LogP contribution in [0.25, 0.3) is 0 Å². The summed E-state index contributed by atoms with van der Waals surface area (Å²) in [5, 5.41) is 3.34. The Morgan fingerprint density at radius 2 is 1.95 bits per heavy atom. The van der Waals surface area contributed by atoms with E-state index >= 15 is 0 Å². The fourth-order valence-corrected chi connectivity index (χ4v) is 1.97. The normalized spacial score (nSPS) is 11.9. The summed E-state index contributed by atoms with van der Waals surface area (Å²) in [4.78, 5) is 8.82. The van der Waals surface area contributed by atoms with Gasteiger partial charge >= 0.3 is 0 Å². The number of anilines is 1. The van der Waals surface area contributed by atoms with Gasteiger partial charge in [-0.2, -0.15) is 0 Å². The highest BCUT2D eigenvalue weighted by Gasteiger charge is 2.11. The van der Waals surface area contributed by atoms with Crippen molar-refractivity contribution >= 4 is 23.0 Å². The van der Waals surface area contributed by atoms with Gasteiger partial charge in [0.15, 0.2) is 0 Å². The van der Waals surface area contributed by atoms with Gasteiger partial charge in [0.25, 0.3) is 0 Å². The molecule has 2 aromatic heterocycles. The number of aromatic nitrogens is 2. The summed E-state index contributed by atoms with van der Waals surface area (Å²) in [6.07, 6.45) is 3.54. The van der Waals surface area contributed by atoms with Crippen molar-refractivity contribution in [1.29, 1.82) is 0 Å². The number of rotatable bonds is 4. The maximum atomic E-state index is 5.72. The predicted octanol–water partition coefficient (Wildman–Crippen LogP) is 2.59. The lowest BCUT2D eigenvalue weighted by Gasteiger charge is -2.17. The summed E-state index contributed by atoms with van der Waals surface area (Å²) < 4.78 is 0. The standard InChI is InChI=1S/C14H16N4S/c1-9-3-4-12(13(15)19)14(17-9)18-10(2)11-5-7-16-8-6-11/h3-8,10H,1-2H3,(H2,15,19)(H,17,18). The lowest BCUT2D eigenvalue weighted by atomic mass is 10.1. The SMILES string of the molecule is Cc1ccc(C(N)=S)c(NC(C)c2ccncc2)n1. The van der Waals surface area contributed by atoms with Gasteiger partial charge in [-0.05, 0) is 43.7 Å². The highest BCUT2D eigenvalue weighted by atomic mass is 32.1. The second-order valence-corrected chi connectivity index (χ2v) is 4.80. The van der Waals surface area contributed by atoms with E-state index < -0.39 is 0 Å². The van der Waals surface area contributed by atoms with Crippen LogP contribution in [0.4, 0.5) is 5.82 Å². The van der Waals surface area contributed by atoms with E-state index in [2.05, 4.69) is 22.2 Å². The molecular weight excluding hydrogens is 256 g/mol. The molecule has 19 heavy (non-hydrogen) atoms. The molecule has 0 aromatic carbocycles. The Hall–Kier alpha value is -2.01. The van der Waals surface area contributed by atoms with Crippen molar-refractivity contribution in [1.82, 2.24) is 9.97 Å². The first-order chi connectivity index (χ1) is 9.08. The van der Waals surface area contributed by atoms with Crippen LogP contribution in [-0.4, -0.2) is 15.0 Å². The number of nitrogens with zero attached hydrogens (tertiary/aromatic N) is 2. The molecule has 2 aromatic rings. The van der Waals surface area contributed by atoms with E-state index in [0.29, 0.717) is 4.99 Å². The van der Waals surface area contributed by atoms with Crippen LogP contribution < -0.4 is 11.1 Å². The van der Waals surface area contributed by atoms with Crippen molar-refractivity contribution in [3.8, 4) is 0 Å². The van der Waals surface area contributed by atoms with E-state index in [-0.39, 0.29) is 6.04 Å². The van der Waals surface area contributed by atoms with E-state index in [1.54, 1.807) is 12.4 Å². The number of nitrogens with two attached hydrogens (primary N) is 1. The molecule has 0 aliphatic rings. The van der Waals surface area contributed by atoms with Crippen LogP contribution in [0, 0.1) is 6.92 Å². The zero-order valence-electron chi connectivity index (χ0n) is 10.9. The third-order valence-corrected chi connectivity index (χ3v) is 3.08. The number of hydrogen-bond donors (Lipinski definition) is 2. The van der Waals surface area contributed by atoms with Crippen LogP contribution >= 0.6 is 12.2 Å². The van der Waals surface area contributed by atoms with Crippen LogP contribution in [0.3, 0.4) is 0 Å². The second-order valence-electron chi connectivity index (χ2n) is 4.36. The number of pyridine rings is 2. The first kappa shape index (κ1) is 13.4. The van der Waals surface area contributed by atoms with Crippen molar-refractivity contribution in [2.24, 2.45) is 5.73 Å². The van der Waals surface area contributed by atoms with Gasteiger partial charge in [0.1, 0.15) is 10.8 Å². The van der Waals surface area contributed by atoms with Crippen LogP contribution in [-0.2, 0) is 0 Å². The van der Waals surface area contributed by atoms with Crippen molar-refractivity contribution in [3.05, 3.63) is 53.5 Å². The molecule has 2 rings (SSSR count). The van der Waals surface area contributed by atoms with Gasteiger partial charge in [0, 0.05) is 18.1 Å². The maximum Gasteiger partial charge on any atom is 0.136 e. The van der Waals surface area contributed by atoms with Crippen LogP contribution in [0.5, 0.6) is 0 Å². The molecule has 0 amide bonds. The minimum absolute atomic E-state index is 0.102. The quantitative estimate of drug-likeness (QED) is 0.838. The molecule has 0 saturated carbocycles. The van der Waals surface area contributed by atoms with Gasteiger partial charge in [0.05, 0.1) is 11.6 Å². The lowest BCUT2D eigenvalue weighted by molar-refractivity contribution is 0.868. The van der Waals surface area contributed by atoms with Gasteiger partial charge in [-0.1, -0.05) is 12.2 Å². The molecule has 0 aliphatic heterocycles. The molecule has 0 aliphatic carbocycles. The first-order valence-electron chi connectivity index (χ1n) is 6.02. The Kier molecular flexibility index (Phi) is 4.06. The van der Waals surface area contributed by atoms with Crippen molar-refractivity contribution < 1.29 is 0 Å². The number of hydrogen-bond acceptors (Lipinski definition) is 4. The van der Waals surface area contributed by atoms with Gasteiger partial charge in [0.2, 0.25) is 0 Å². The van der Waals surface area contributed by atoms with Crippen LogP contribution in [0.1, 0.15) is 29.8 Å². The van der Waals surface area contributed by atoms with Crippen molar-refractivity contribution in [3.63, 3.8) is 0 Å². The summed E-state index contributed by atoms with van der Waals surface area (Å²) in [6.45, 7) is 3.99. The molecular formula is C14H16N4S. The third kappa shape index (κ3) is 3.26. The zero-order valence-corrected chi connectivity index (χ0v) is 11.7. The molecule has 5 heteroatoms. The molecule has 0 spiro atoms. The fourth-order valence-electron chi connectivity index (χ4n) is 1.81. The topological polar surface area (TPSA) is 63.8 Å². The van der Waals surface area contributed by atoms with Gasteiger partial charge in [-0.15, -0.1) is 0 Å². The maximum absolute atomic E-state index is 5.72. The van der Waals surface area contributed by atoms with E-state index in [4.69, 9.17) is 18.0 Å². The Morgan fingerprint density at radius 1 is 1.26 bits per heavy atom. The Bertz CT molecular complexity index is 583. The molecule has 1 atom stereocenters. The van der Waals surface area contributed by atoms with Gasteiger partial charge in [-0.3, -0.25) is 4.98 Å². The second kappa shape index (κ2) is 5.75. The monoisotopic (exact) mass is 272 g/mol. The van der Waals surface area contributed by atoms with Gasteiger partial charge < -0.3 is 11.1 Å². The number of nitrogens with one attached hydrogen (secondary N) is 1. The lowest BCUT2D eigenvalue weighted by Crippen LogP contribution is -2.16. The van der Waals surface area contributed by atoms with E-state index in [9.17, 15) is 0 Å². The first-order valence-corrected chi connectivity index (χ1v) is 6.42. The Morgan fingerprint density at radius 3 is 2.58 bits per heavy atom. The van der Waals surface area contributed by atoms with Crippen LogP contribution in [0.2, 0.25) is 0 Å². The number of thiocarbonyl (C=S) groups is 1. The highest BCUT2D eigenvalue weighted by Crippen LogP contribution is 2.20. The number of aryl methyl sites for hydroxylation is 1. The summed E-state index contributed by atoms with van der Waals surface area (Å²) in [6, 6.07) is 7.83. The van der Waals surface area contributed by atoms with Crippen molar-refractivity contribution in [2.75, 3.05) is 5.32 Å².